The lowest BCUT2D eigenvalue weighted by molar-refractivity contribution is -0.139. The van der Waals surface area contributed by atoms with Gasteiger partial charge in [0, 0.05) is 25.2 Å². The Kier molecular flexibility index (Phi) is 7.67. The van der Waals surface area contributed by atoms with Crippen LogP contribution in [0, 0.1) is 5.82 Å². The molecule has 0 aromatic heterocycles. The minimum absolute atomic E-state index is 0.0753. The van der Waals surface area contributed by atoms with Crippen molar-refractivity contribution in [1.29, 1.82) is 0 Å². The van der Waals surface area contributed by atoms with E-state index in [-0.39, 0.29) is 42.6 Å². The zero-order valence-corrected chi connectivity index (χ0v) is 19.7. The predicted molar refractivity (Wildman–Crippen MR) is 126 cm³/mol. The zero-order valence-electron chi connectivity index (χ0n) is 19.7. The standard InChI is InChI=1S/C26H32FN3O4/c1-17(19-6-10-23(27)24(14-19)33-2)29-21-7-3-20(13-21)18-4-8-22(9-5-18)34-16-26(32)30-12-11-28-25(31)15-30/h4-6,8-10,14,17,20-21,29H,3,7,11-13,15-16H2,1-2H3,(H,28,31)/t17-,20-,21+/m1/s1. The fraction of sp³-hybridized carbons (Fsp3) is 0.462. The van der Waals surface area contributed by atoms with E-state index in [1.807, 2.05) is 12.1 Å². The van der Waals surface area contributed by atoms with Crippen molar-refractivity contribution < 1.29 is 23.5 Å². The van der Waals surface area contributed by atoms with Gasteiger partial charge in [-0.15, -0.1) is 0 Å². The Morgan fingerprint density at radius 3 is 2.76 bits per heavy atom. The fourth-order valence-electron chi connectivity index (χ4n) is 4.76. The Bertz CT molecular complexity index is 1010. The van der Waals surface area contributed by atoms with Gasteiger partial charge in [-0.25, -0.2) is 4.39 Å². The summed E-state index contributed by atoms with van der Waals surface area (Å²) in [6.45, 7) is 3.09. The molecular weight excluding hydrogens is 437 g/mol. The summed E-state index contributed by atoms with van der Waals surface area (Å²) in [5.74, 6) is 0.688. The zero-order chi connectivity index (χ0) is 24.1. The molecule has 1 saturated heterocycles. The number of halogens is 1. The third-order valence-electron chi connectivity index (χ3n) is 6.70. The molecule has 2 aromatic carbocycles. The highest BCUT2D eigenvalue weighted by atomic mass is 19.1. The van der Waals surface area contributed by atoms with Gasteiger partial charge in [0.25, 0.3) is 5.91 Å². The Hall–Kier alpha value is -3.13. The molecule has 0 radical (unpaired) electrons. The first-order valence-electron chi connectivity index (χ1n) is 11.8. The molecule has 0 unspecified atom stereocenters. The van der Waals surface area contributed by atoms with Crippen molar-refractivity contribution in [2.24, 2.45) is 0 Å². The van der Waals surface area contributed by atoms with Crippen LogP contribution in [0.25, 0.3) is 0 Å². The topological polar surface area (TPSA) is 79.9 Å². The lowest BCUT2D eigenvalue weighted by Crippen LogP contribution is -2.51. The maximum atomic E-state index is 13.7. The van der Waals surface area contributed by atoms with Gasteiger partial charge in [0.1, 0.15) is 5.75 Å². The van der Waals surface area contributed by atoms with Gasteiger partial charge in [-0.2, -0.15) is 0 Å². The molecule has 182 valence electrons. The molecule has 1 aliphatic heterocycles. The van der Waals surface area contributed by atoms with E-state index in [1.165, 1.54) is 23.6 Å². The van der Waals surface area contributed by atoms with Gasteiger partial charge >= 0.3 is 0 Å². The minimum atomic E-state index is -0.352. The van der Waals surface area contributed by atoms with E-state index in [0.717, 1.165) is 24.8 Å². The summed E-state index contributed by atoms with van der Waals surface area (Å²) in [5.41, 5.74) is 2.26. The van der Waals surface area contributed by atoms with Crippen LogP contribution < -0.4 is 20.1 Å². The van der Waals surface area contributed by atoms with Crippen molar-refractivity contribution in [3.8, 4) is 11.5 Å². The lowest BCUT2D eigenvalue weighted by atomic mass is 9.97. The van der Waals surface area contributed by atoms with Crippen LogP contribution in [0.3, 0.4) is 0 Å². The normalized spacial score (nSPS) is 21.1. The Morgan fingerprint density at radius 2 is 2.03 bits per heavy atom. The van der Waals surface area contributed by atoms with Crippen LogP contribution in [-0.4, -0.2) is 56.1 Å². The molecule has 2 aliphatic rings. The van der Waals surface area contributed by atoms with Crippen LogP contribution >= 0.6 is 0 Å². The molecule has 1 heterocycles. The molecule has 2 N–H and O–H groups in total. The van der Waals surface area contributed by atoms with Crippen molar-refractivity contribution in [2.45, 2.75) is 44.2 Å². The summed E-state index contributed by atoms with van der Waals surface area (Å²) in [6, 6.07) is 13.4. The number of hydrogen-bond donors (Lipinski definition) is 2. The average molecular weight is 470 g/mol. The number of methoxy groups -OCH3 is 1. The number of ether oxygens (including phenoxy) is 2. The molecule has 3 atom stereocenters. The van der Waals surface area contributed by atoms with E-state index < -0.39 is 0 Å². The minimum Gasteiger partial charge on any atom is -0.494 e. The third kappa shape index (κ3) is 5.86. The van der Waals surface area contributed by atoms with Gasteiger partial charge in [0.2, 0.25) is 5.91 Å². The van der Waals surface area contributed by atoms with Crippen LogP contribution in [0.4, 0.5) is 4.39 Å². The molecule has 1 saturated carbocycles. The molecule has 2 aromatic rings. The number of piperazine rings is 1. The Balaban J connectivity index is 1.26. The highest BCUT2D eigenvalue weighted by molar-refractivity contribution is 5.86. The molecule has 0 spiro atoms. The largest absolute Gasteiger partial charge is 0.494 e. The second-order valence-electron chi connectivity index (χ2n) is 9.01. The number of benzene rings is 2. The van der Waals surface area contributed by atoms with E-state index in [1.54, 1.807) is 12.1 Å². The summed E-state index contributed by atoms with van der Waals surface area (Å²) in [6.07, 6.45) is 3.19. The van der Waals surface area contributed by atoms with Crippen molar-refractivity contribution in [1.82, 2.24) is 15.5 Å². The maximum Gasteiger partial charge on any atom is 0.261 e. The highest BCUT2D eigenvalue weighted by Gasteiger charge is 2.27. The first-order chi connectivity index (χ1) is 16.4. The van der Waals surface area contributed by atoms with E-state index in [0.29, 0.717) is 30.8 Å². The summed E-state index contributed by atoms with van der Waals surface area (Å²) >= 11 is 0. The lowest BCUT2D eigenvalue weighted by Gasteiger charge is -2.26. The quantitative estimate of drug-likeness (QED) is 0.621. The van der Waals surface area contributed by atoms with Crippen molar-refractivity contribution in [3.05, 3.63) is 59.4 Å². The molecule has 34 heavy (non-hydrogen) atoms. The smallest absolute Gasteiger partial charge is 0.261 e. The number of carbonyl (C=O) groups excluding carboxylic acids is 2. The number of nitrogens with one attached hydrogen (secondary N) is 2. The van der Waals surface area contributed by atoms with Gasteiger partial charge < -0.3 is 25.0 Å². The molecule has 4 rings (SSSR count). The van der Waals surface area contributed by atoms with Gasteiger partial charge in [-0.3, -0.25) is 9.59 Å². The molecule has 2 fully saturated rings. The van der Waals surface area contributed by atoms with E-state index in [4.69, 9.17) is 9.47 Å². The van der Waals surface area contributed by atoms with E-state index in [9.17, 15) is 14.0 Å². The van der Waals surface area contributed by atoms with Crippen molar-refractivity contribution in [3.63, 3.8) is 0 Å². The molecule has 2 amide bonds. The van der Waals surface area contributed by atoms with Crippen LogP contribution in [0.1, 0.15) is 49.3 Å². The van der Waals surface area contributed by atoms with Gasteiger partial charge in [-0.1, -0.05) is 18.2 Å². The van der Waals surface area contributed by atoms with Crippen LogP contribution in [0.5, 0.6) is 11.5 Å². The summed E-state index contributed by atoms with van der Waals surface area (Å²) in [7, 11) is 1.48. The second-order valence-corrected chi connectivity index (χ2v) is 9.01. The van der Waals surface area contributed by atoms with Gasteiger partial charge in [0.05, 0.1) is 13.7 Å². The summed E-state index contributed by atoms with van der Waals surface area (Å²) in [5, 5.41) is 6.38. The number of amides is 2. The highest BCUT2D eigenvalue weighted by Crippen LogP contribution is 2.36. The van der Waals surface area contributed by atoms with E-state index >= 15 is 0 Å². The van der Waals surface area contributed by atoms with Crippen LogP contribution in [-0.2, 0) is 9.59 Å². The molecule has 0 bridgehead atoms. The third-order valence-corrected chi connectivity index (χ3v) is 6.70. The summed E-state index contributed by atoms with van der Waals surface area (Å²) in [4.78, 5) is 25.2. The Labute approximate surface area is 199 Å². The first kappa shape index (κ1) is 24.0. The fourth-order valence-corrected chi connectivity index (χ4v) is 4.76. The monoisotopic (exact) mass is 469 g/mol. The number of nitrogens with zero attached hydrogens (tertiary/aromatic N) is 1. The number of carbonyl (C=O) groups is 2. The number of hydrogen-bond acceptors (Lipinski definition) is 5. The van der Waals surface area contributed by atoms with Crippen molar-refractivity contribution in [2.75, 3.05) is 33.4 Å². The predicted octanol–water partition coefficient (Wildman–Crippen LogP) is 3.16. The van der Waals surface area contributed by atoms with Crippen molar-refractivity contribution >= 4 is 11.8 Å². The summed E-state index contributed by atoms with van der Waals surface area (Å²) < 4.78 is 24.5. The Morgan fingerprint density at radius 1 is 1.24 bits per heavy atom. The maximum absolute atomic E-state index is 13.7. The molecule has 7 nitrogen and oxygen atoms in total. The van der Waals surface area contributed by atoms with E-state index in [2.05, 4.69) is 29.7 Å². The van der Waals surface area contributed by atoms with Crippen LogP contribution in [0.15, 0.2) is 42.5 Å². The molecule has 1 aliphatic carbocycles. The second kappa shape index (κ2) is 10.9. The average Bonchev–Trinajstić information content (AvgIpc) is 3.31. The first-order valence-corrected chi connectivity index (χ1v) is 11.8. The van der Waals surface area contributed by atoms with Gasteiger partial charge in [0.15, 0.2) is 18.2 Å². The molecular formula is C26H32FN3O4. The molecule has 8 heteroatoms. The van der Waals surface area contributed by atoms with Gasteiger partial charge in [-0.05, 0) is 67.5 Å². The van der Waals surface area contributed by atoms with Crippen LogP contribution in [0.2, 0.25) is 0 Å². The number of rotatable bonds is 8. The SMILES string of the molecule is COc1cc([C@@H](C)N[C@H]2CC[C@@H](c3ccc(OCC(=O)N4CCNC(=O)C4)cc3)C2)ccc1F.